The van der Waals surface area contributed by atoms with E-state index >= 15 is 0 Å². The highest BCUT2D eigenvalue weighted by Crippen LogP contribution is 2.31. The number of nitrogens with zero attached hydrogens (tertiary/aromatic N) is 1. The third-order valence-electron chi connectivity index (χ3n) is 4.07. The van der Waals surface area contributed by atoms with E-state index in [-0.39, 0.29) is 23.9 Å². The molecule has 0 unspecified atom stereocenters. The van der Waals surface area contributed by atoms with Crippen LogP contribution in [-0.2, 0) is 14.8 Å². The SMILES string of the molecule is COc1ccc(N(CCNS(=O)(=O)c2ccccc2C)C(C)=O)cc1OC. The summed E-state index contributed by atoms with van der Waals surface area (Å²) < 4.78 is 38.0. The molecule has 7 nitrogen and oxygen atoms in total. The summed E-state index contributed by atoms with van der Waals surface area (Å²) in [5.74, 6) is 0.823. The molecule has 0 aliphatic carbocycles. The van der Waals surface area contributed by atoms with E-state index in [0.717, 1.165) is 0 Å². The van der Waals surface area contributed by atoms with Crippen molar-refractivity contribution in [3.05, 3.63) is 48.0 Å². The topological polar surface area (TPSA) is 84.9 Å². The van der Waals surface area contributed by atoms with E-state index in [2.05, 4.69) is 4.72 Å². The Morgan fingerprint density at radius 2 is 1.74 bits per heavy atom. The van der Waals surface area contributed by atoms with E-state index in [9.17, 15) is 13.2 Å². The maximum atomic E-state index is 12.5. The monoisotopic (exact) mass is 392 g/mol. The molecular weight excluding hydrogens is 368 g/mol. The van der Waals surface area contributed by atoms with Crippen molar-refractivity contribution >= 4 is 21.6 Å². The van der Waals surface area contributed by atoms with E-state index in [1.807, 2.05) is 0 Å². The molecule has 0 aliphatic rings. The van der Waals surface area contributed by atoms with Crippen LogP contribution < -0.4 is 19.1 Å². The predicted molar refractivity (Wildman–Crippen MR) is 104 cm³/mol. The highest BCUT2D eigenvalue weighted by atomic mass is 32.2. The van der Waals surface area contributed by atoms with Crippen LogP contribution in [0.5, 0.6) is 11.5 Å². The van der Waals surface area contributed by atoms with Crippen molar-refractivity contribution in [3.8, 4) is 11.5 Å². The summed E-state index contributed by atoms with van der Waals surface area (Å²) in [6.45, 7) is 3.41. The van der Waals surface area contributed by atoms with Crippen LogP contribution in [0.15, 0.2) is 47.4 Å². The summed E-state index contributed by atoms with van der Waals surface area (Å²) in [5, 5.41) is 0. The lowest BCUT2D eigenvalue weighted by molar-refractivity contribution is -0.116. The molecule has 1 amide bonds. The predicted octanol–water partition coefficient (Wildman–Crippen LogP) is 2.34. The first-order valence-electron chi connectivity index (χ1n) is 8.35. The lowest BCUT2D eigenvalue weighted by Crippen LogP contribution is -2.37. The van der Waals surface area contributed by atoms with E-state index in [1.165, 1.54) is 26.0 Å². The van der Waals surface area contributed by atoms with Gasteiger partial charge in [-0.2, -0.15) is 0 Å². The first kappa shape index (κ1) is 20.7. The lowest BCUT2D eigenvalue weighted by atomic mass is 10.2. The van der Waals surface area contributed by atoms with Gasteiger partial charge in [0, 0.05) is 31.8 Å². The molecule has 0 aromatic heterocycles. The molecule has 0 heterocycles. The minimum absolute atomic E-state index is 0.0740. The number of carbonyl (C=O) groups excluding carboxylic acids is 1. The van der Waals surface area contributed by atoms with Crippen molar-refractivity contribution in [1.82, 2.24) is 4.72 Å². The second-order valence-corrected chi connectivity index (χ2v) is 7.61. The maximum Gasteiger partial charge on any atom is 0.240 e. The molecule has 2 rings (SSSR count). The summed E-state index contributed by atoms with van der Waals surface area (Å²) in [7, 11) is -0.612. The molecule has 1 N–H and O–H groups in total. The second kappa shape index (κ2) is 8.88. The average molecular weight is 392 g/mol. The van der Waals surface area contributed by atoms with Gasteiger partial charge in [-0.15, -0.1) is 0 Å². The quantitative estimate of drug-likeness (QED) is 0.745. The minimum atomic E-state index is -3.65. The van der Waals surface area contributed by atoms with E-state index < -0.39 is 10.0 Å². The van der Waals surface area contributed by atoms with E-state index in [0.29, 0.717) is 22.7 Å². The Morgan fingerprint density at radius 3 is 2.33 bits per heavy atom. The summed E-state index contributed by atoms with van der Waals surface area (Å²) in [4.78, 5) is 13.8. The van der Waals surface area contributed by atoms with Gasteiger partial charge in [-0.05, 0) is 30.7 Å². The molecule has 0 fully saturated rings. The van der Waals surface area contributed by atoms with Crippen LogP contribution in [0.25, 0.3) is 0 Å². The van der Waals surface area contributed by atoms with Gasteiger partial charge in [-0.3, -0.25) is 4.79 Å². The zero-order valence-electron chi connectivity index (χ0n) is 15.9. The van der Waals surface area contributed by atoms with Gasteiger partial charge < -0.3 is 14.4 Å². The van der Waals surface area contributed by atoms with Crippen LogP contribution in [0.1, 0.15) is 12.5 Å². The number of ether oxygens (including phenoxy) is 2. The highest BCUT2D eigenvalue weighted by molar-refractivity contribution is 7.89. The van der Waals surface area contributed by atoms with Gasteiger partial charge in [-0.25, -0.2) is 13.1 Å². The molecule has 0 saturated heterocycles. The number of hydrogen-bond donors (Lipinski definition) is 1. The summed E-state index contributed by atoms with van der Waals surface area (Å²) in [6.07, 6.45) is 0. The van der Waals surface area contributed by atoms with E-state index in [4.69, 9.17) is 9.47 Å². The summed E-state index contributed by atoms with van der Waals surface area (Å²) in [5.41, 5.74) is 1.25. The second-order valence-electron chi connectivity index (χ2n) is 5.87. The summed E-state index contributed by atoms with van der Waals surface area (Å²) >= 11 is 0. The first-order chi connectivity index (χ1) is 12.8. The Hall–Kier alpha value is -2.58. The van der Waals surface area contributed by atoms with Gasteiger partial charge in [-0.1, -0.05) is 18.2 Å². The minimum Gasteiger partial charge on any atom is -0.493 e. The molecule has 0 saturated carbocycles. The van der Waals surface area contributed by atoms with Crippen molar-refractivity contribution in [1.29, 1.82) is 0 Å². The highest BCUT2D eigenvalue weighted by Gasteiger charge is 2.18. The van der Waals surface area contributed by atoms with Crippen LogP contribution in [0.4, 0.5) is 5.69 Å². The Bertz CT molecular complexity index is 912. The van der Waals surface area contributed by atoms with Crippen LogP contribution in [-0.4, -0.2) is 41.6 Å². The van der Waals surface area contributed by atoms with Crippen molar-refractivity contribution in [2.24, 2.45) is 0 Å². The molecule has 2 aromatic rings. The van der Waals surface area contributed by atoms with Gasteiger partial charge in [0.05, 0.1) is 19.1 Å². The third-order valence-corrected chi connectivity index (χ3v) is 5.69. The fraction of sp³-hybridized carbons (Fsp3) is 0.316. The number of carbonyl (C=O) groups is 1. The molecule has 0 aliphatic heterocycles. The molecule has 0 atom stereocenters. The largest absolute Gasteiger partial charge is 0.493 e. The molecule has 2 aromatic carbocycles. The normalized spacial score (nSPS) is 11.1. The Kier molecular flexibility index (Phi) is 6.81. The number of amides is 1. The van der Waals surface area contributed by atoms with Gasteiger partial charge in [0.2, 0.25) is 15.9 Å². The fourth-order valence-corrected chi connectivity index (χ4v) is 3.95. The molecule has 8 heteroatoms. The molecule has 0 bridgehead atoms. The Balaban J connectivity index is 2.14. The zero-order chi connectivity index (χ0) is 20.0. The van der Waals surface area contributed by atoms with Crippen LogP contribution in [0.2, 0.25) is 0 Å². The van der Waals surface area contributed by atoms with Crippen LogP contribution in [0, 0.1) is 6.92 Å². The first-order valence-corrected chi connectivity index (χ1v) is 9.84. The smallest absolute Gasteiger partial charge is 0.240 e. The molecule has 146 valence electrons. The number of methoxy groups -OCH3 is 2. The lowest BCUT2D eigenvalue weighted by Gasteiger charge is -2.22. The van der Waals surface area contributed by atoms with Gasteiger partial charge in [0.1, 0.15) is 0 Å². The number of rotatable bonds is 8. The molecule has 0 radical (unpaired) electrons. The van der Waals surface area contributed by atoms with Crippen molar-refractivity contribution in [2.45, 2.75) is 18.7 Å². The Labute approximate surface area is 160 Å². The average Bonchev–Trinajstić information content (AvgIpc) is 2.64. The van der Waals surface area contributed by atoms with E-state index in [1.54, 1.807) is 49.4 Å². The number of anilines is 1. The molecule has 27 heavy (non-hydrogen) atoms. The number of aryl methyl sites for hydroxylation is 1. The molecular formula is C19H24N2O5S. The maximum absolute atomic E-state index is 12.5. The number of hydrogen-bond acceptors (Lipinski definition) is 5. The van der Waals surface area contributed by atoms with Crippen LogP contribution in [0.3, 0.4) is 0 Å². The number of benzene rings is 2. The standard InChI is InChI=1S/C19H24N2O5S/c1-14-7-5-6-8-19(14)27(23,24)20-11-12-21(15(2)22)16-9-10-17(25-3)18(13-16)26-4/h5-10,13,20H,11-12H2,1-4H3. The van der Waals surface area contributed by atoms with Crippen molar-refractivity contribution in [3.63, 3.8) is 0 Å². The van der Waals surface area contributed by atoms with Crippen molar-refractivity contribution in [2.75, 3.05) is 32.2 Å². The van der Waals surface area contributed by atoms with Gasteiger partial charge in [0.25, 0.3) is 0 Å². The fourth-order valence-electron chi connectivity index (χ4n) is 2.69. The van der Waals surface area contributed by atoms with Crippen LogP contribution >= 0.6 is 0 Å². The zero-order valence-corrected chi connectivity index (χ0v) is 16.7. The van der Waals surface area contributed by atoms with Gasteiger partial charge >= 0.3 is 0 Å². The summed E-state index contributed by atoms with van der Waals surface area (Å²) in [6, 6.07) is 11.8. The van der Waals surface area contributed by atoms with Gasteiger partial charge in [0.15, 0.2) is 11.5 Å². The Morgan fingerprint density at radius 1 is 1.07 bits per heavy atom. The van der Waals surface area contributed by atoms with Crippen molar-refractivity contribution < 1.29 is 22.7 Å². The number of sulfonamides is 1. The molecule has 0 spiro atoms. The third kappa shape index (κ3) is 4.99. The number of nitrogens with one attached hydrogen (secondary N) is 1.